The summed E-state index contributed by atoms with van der Waals surface area (Å²) in [5, 5.41) is 13.9. The highest BCUT2D eigenvalue weighted by Crippen LogP contribution is 2.36. The van der Waals surface area contributed by atoms with E-state index in [9.17, 15) is 19.7 Å². The van der Waals surface area contributed by atoms with Crippen LogP contribution < -0.4 is 5.32 Å². The lowest BCUT2D eigenvalue weighted by molar-refractivity contribution is -0.384. The van der Waals surface area contributed by atoms with Crippen molar-refractivity contribution in [2.45, 2.75) is 33.2 Å². The number of nitrogens with one attached hydrogen (secondary N) is 1. The van der Waals surface area contributed by atoms with Gasteiger partial charge in [-0.2, -0.15) is 0 Å². The third kappa shape index (κ3) is 4.17. The molecule has 0 heterocycles. The number of benzene rings is 1. The summed E-state index contributed by atoms with van der Waals surface area (Å²) in [6.45, 7) is 3.41. The van der Waals surface area contributed by atoms with Crippen LogP contribution in [0.1, 0.15) is 32.3 Å². The van der Waals surface area contributed by atoms with Crippen molar-refractivity contribution in [1.29, 1.82) is 0 Å². The molecule has 0 aliphatic heterocycles. The molecule has 0 saturated heterocycles. The van der Waals surface area contributed by atoms with E-state index < -0.39 is 4.92 Å². The summed E-state index contributed by atoms with van der Waals surface area (Å²) in [4.78, 5) is 35.3. The molecule has 1 aromatic carbocycles. The van der Waals surface area contributed by atoms with E-state index in [0.29, 0.717) is 12.0 Å². The molecule has 0 spiro atoms. The highest BCUT2D eigenvalue weighted by atomic mass is 35.5. The van der Waals surface area contributed by atoms with Gasteiger partial charge in [0, 0.05) is 19.9 Å². The van der Waals surface area contributed by atoms with Gasteiger partial charge in [0.1, 0.15) is 5.69 Å². The molecule has 0 aliphatic carbocycles. The number of anilines is 1. The Bertz CT molecular complexity index is 604. The van der Waals surface area contributed by atoms with E-state index in [1.807, 2.05) is 0 Å². The number of amides is 2. The van der Waals surface area contributed by atoms with E-state index in [1.165, 1.54) is 17.0 Å². The largest absolute Gasteiger partial charge is 0.341 e. The first-order valence-corrected chi connectivity index (χ1v) is 7.19. The monoisotopic (exact) mass is 327 g/mol. The Balaban J connectivity index is 3.28. The van der Waals surface area contributed by atoms with Gasteiger partial charge in [-0.15, -0.1) is 0 Å². The van der Waals surface area contributed by atoms with Crippen LogP contribution >= 0.6 is 11.6 Å². The van der Waals surface area contributed by atoms with E-state index in [2.05, 4.69) is 5.32 Å². The fraction of sp³-hybridized carbons (Fsp3) is 0.429. The summed E-state index contributed by atoms with van der Waals surface area (Å²) in [6.07, 6.45) is 0.475. The van der Waals surface area contributed by atoms with Gasteiger partial charge in [-0.25, -0.2) is 0 Å². The number of halogens is 1. The minimum atomic E-state index is -0.600. The van der Waals surface area contributed by atoms with E-state index in [1.54, 1.807) is 20.9 Å². The van der Waals surface area contributed by atoms with Crippen LogP contribution in [0.15, 0.2) is 12.1 Å². The molecule has 0 saturated carbocycles. The van der Waals surface area contributed by atoms with Crippen LogP contribution in [0.2, 0.25) is 5.02 Å². The standard InChI is InChI=1S/C14H18ClN3O4/c1-4-11(19)16-13-10(15)7-6-9(14(13)18(21)22)8-17(3)12(20)5-2/h6-7H,4-5,8H2,1-3H3,(H,16,19). The third-order valence-corrected chi connectivity index (χ3v) is 3.43. The molecule has 0 bridgehead atoms. The average Bonchev–Trinajstić information content (AvgIpc) is 2.48. The predicted octanol–water partition coefficient (Wildman–Crippen LogP) is 2.97. The maximum absolute atomic E-state index is 11.6. The molecule has 0 atom stereocenters. The summed E-state index contributed by atoms with van der Waals surface area (Å²) in [5.41, 5.74) is -0.0106. The van der Waals surface area contributed by atoms with Gasteiger partial charge in [0.2, 0.25) is 11.8 Å². The van der Waals surface area contributed by atoms with Gasteiger partial charge < -0.3 is 10.2 Å². The summed E-state index contributed by atoms with van der Waals surface area (Å²) in [6, 6.07) is 2.96. The van der Waals surface area contributed by atoms with Gasteiger partial charge in [-0.05, 0) is 12.1 Å². The lowest BCUT2D eigenvalue weighted by atomic mass is 10.1. The maximum atomic E-state index is 11.6. The summed E-state index contributed by atoms with van der Waals surface area (Å²) in [7, 11) is 1.56. The number of nitro groups is 1. The topological polar surface area (TPSA) is 92.6 Å². The van der Waals surface area contributed by atoms with Crippen molar-refractivity contribution in [3.05, 3.63) is 32.8 Å². The lowest BCUT2D eigenvalue weighted by Gasteiger charge is -2.17. The van der Waals surface area contributed by atoms with Crippen molar-refractivity contribution >= 4 is 34.8 Å². The second-order valence-electron chi connectivity index (χ2n) is 4.69. The second kappa shape index (κ2) is 7.74. The zero-order chi connectivity index (χ0) is 16.9. The van der Waals surface area contributed by atoms with Gasteiger partial charge in [-0.3, -0.25) is 19.7 Å². The number of carbonyl (C=O) groups excluding carboxylic acids is 2. The summed E-state index contributed by atoms with van der Waals surface area (Å²) < 4.78 is 0. The van der Waals surface area contributed by atoms with Crippen LogP contribution in [-0.4, -0.2) is 28.7 Å². The van der Waals surface area contributed by atoms with E-state index in [-0.39, 0.29) is 41.2 Å². The Morgan fingerprint density at radius 3 is 2.45 bits per heavy atom. The maximum Gasteiger partial charge on any atom is 0.299 e. The van der Waals surface area contributed by atoms with Gasteiger partial charge in [0.05, 0.1) is 22.1 Å². The third-order valence-electron chi connectivity index (χ3n) is 3.11. The molecule has 2 amide bonds. The molecule has 0 aromatic heterocycles. The van der Waals surface area contributed by atoms with Crippen molar-refractivity contribution in [3.63, 3.8) is 0 Å². The lowest BCUT2D eigenvalue weighted by Crippen LogP contribution is -2.25. The van der Waals surface area contributed by atoms with Gasteiger partial charge in [-0.1, -0.05) is 25.4 Å². The first kappa shape index (κ1) is 17.9. The van der Waals surface area contributed by atoms with Crippen molar-refractivity contribution in [2.75, 3.05) is 12.4 Å². The molecule has 7 nitrogen and oxygen atoms in total. The zero-order valence-electron chi connectivity index (χ0n) is 12.7. The number of hydrogen-bond acceptors (Lipinski definition) is 4. The highest BCUT2D eigenvalue weighted by Gasteiger charge is 2.25. The number of nitro benzene ring substituents is 1. The number of hydrogen-bond donors (Lipinski definition) is 1. The fourth-order valence-corrected chi connectivity index (χ4v) is 2.11. The van der Waals surface area contributed by atoms with Gasteiger partial charge in [0.25, 0.3) is 5.69 Å². The Labute approximate surface area is 133 Å². The second-order valence-corrected chi connectivity index (χ2v) is 5.10. The Hall–Kier alpha value is -2.15. The summed E-state index contributed by atoms with van der Waals surface area (Å²) >= 11 is 5.97. The molecule has 0 aliphatic rings. The van der Waals surface area contributed by atoms with Crippen molar-refractivity contribution in [2.24, 2.45) is 0 Å². The fourth-order valence-electron chi connectivity index (χ4n) is 1.91. The molecule has 1 rings (SSSR count). The number of nitrogens with zero attached hydrogens (tertiary/aromatic N) is 2. The zero-order valence-corrected chi connectivity index (χ0v) is 13.4. The minimum absolute atomic E-state index is 0.0339. The molecule has 0 radical (unpaired) electrons. The van der Waals surface area contributed by atoms with E-state index in [0.717, 1.165) is 0 Å². The van der Waals surface area contributed by atoms with E-state index >= 15 is 0 Å². The first-order chi connectivity index (χ1) is 10.3. The Kier molecular flexibility index (Phi) is 6.30. The van der Waals surface area contributed by atoms with Crippen LogP contribution in [0, 0.1) is 10.1 Å². The Morgan fingerprint density at radius 2 is 1.95 bits per heavy atom. The minimum Gasteiger partial charge on any atom is -0.341 e. The normalized spacial score (nSPS) is 10.2. The van der Waals surface area contributed by atoms with Crippen molar-refractivity contribution in [1.82, 2.24) is 4.90 Å². The first-order valence-electron chi connectivity index (χ1n) is 6.81. The molecule has 1 aromatic rings. The van der Waals surface area contributed by atoms with Crippen LogP contribution in [0.5, 0.6) is 0 Å². The smallest absolute Gasteiger partial charge is 0.299 e. The molecule has 0 fully saturated rings. The predicted molar refractivity (Wildman–Crippen MR) is 83.8 cm³/mol. The van der Waals surface area contributed by atoms with Crippen molar-refractivity contribution in [3.8, 4) is 0 Å². The molecule has 1 N–H and O–H groups in total. The number of carbonyl (C=O) groups is 2. The molecule has 0 unspecified atom stereocenters. The van der Waals surface area contributed by atoms with E-state index in [4.69, 9.17) is 11.6 Å². The molecular weight excluding hydrogens is 310 g/mol. The number of rotatable bonds is 6. The van der Waals surface area contributed by atoms with Crippen LogP contribution in [0.4, 0.5) is 11.4 Å². The highest BCUT2D eigenvalue weighted by molar-refractivity contribution is 6.34. The Morgan fingerprint density at radius 1 is 1.32 bits per heavy atom. The van der Waals surface area contributed by atoms with Crippen LogP contribution in [-0.2, 0) is 16.1 Å². The van der Waals surface area contributed by atoms with Crippen molar-refractivity contribution < 1.29 is 14.5 Å². The van der Waals surface area contributed by atoms with Crippen LogP contribution in [0.25, 0.3) is 0 Å². The van der Waals surface area contributed by atoms with Gasteiger partial charge >= 0.3 is 0 Å². The van der Waals surface area contributed by atoms with Crippen LogP contribution in [0.3, 0.4) is 0 Å². The quantitative estimate of drug-likeness (QED) is 0.642. The van der Waals surface area contributed by atoms with Gasteiger partial charge in [0.15, 0.2) is 0 Å². The summed E-state index contributed by atoms with van der Waals surface area (Å²) in [5.74, 6) is -0.511. The average molecular weight is 328 g/mol. The molecular formula is C14H18ClN3O4. The SMILES string of the molecule is CCC(=O)Nc1c(Cl)ccc(CN(C)C(=O)CC)c1[N+](=O)[O-]. The molecule has 8 heteroatoms. The molecule has 22 heavy (non-hydrogen) atoms. The molecule has 120 valence electrons.